The number of rotatable bonds is 10. The molecule has 2 fully saturated rings. The minimum Gasteiger partial charge on any atom is -0.207 e. The largest absolute Gasteiger partial charge is 0.207 e. The second kappa shape index (κ2) is 14.1. The Bertz CT molecular complexity index is 1050. The summed E-state index contributed by atoms with van der Waals surface area (Å²) in [5.41, 5.74) is 6.60. The van der Waals surface area contributed by atoms with Gasteiger partial charge in [0.15, 0.2) is 0 Å². The fourth-order valence-corrected chi connectivity index (χ4v) is 8.02. The highest BCUT2D eigenvalue weighted by atomic mass is 19.1. The molecule has 1 unspecified atom stereocenters. The third kappa shape index (κ3) is 7.45. The molecule has 0 radical (unpaired) electrons. The van der Waals surface area contributed by atoms with Gasteiger partial charge < -0.3 is 0 Å². The predicted molar refractivity (Wildman–Crippen MR) is 166 cm³/mol. The van der Waals surface area contributed by atoms with E-state index in [-0.39, 0.29) is 5.82 Å². The lowest BCUT2D eigenvalue weighted by molar-refractivity contribution is 0.302. The van der Waals surface area contributed by atoms with Crippen LogP contribution in [0.2, 0.25) is 0 Å². The summed E-state index contributed by atoms with van der Waals surface area (Å²) in [4.78, 5) is 0. The van der Waals surface area contributed by atoms with E-state index in [0.29, 0.717) is 11.8 Å². The number of halogens is 1. The Kier molecular flexibility index (Phi) is 10.4. The van der Waals surface area contributed by atoms with Crippen LogP contribution in [0, 0.1) is 17.7 Å². The highest BCUT2D eigenvalue weighted by Gasteiger charge is 2.25. The Hall–Kier alpha value is -1.89. The molecule has 0 nitrogen and oxygen atoms in total. The zero-order chi connectivity index (χ0) is 27.0. The van der Waals surface area contributed by atoms with Gasteiger partial charge in [-0.1, -0.05) is 94.8 Å². The second-order valence-electron chi connectivity index (χ2n) is 13.3. The molecule has 3 aliphatic carbocycles. The van der Waals surface area contributed by atoms with Crippen LogP contribution in [0.1, 0.15) is 163 Å². The number of unbranched alkanes of at least 4 members (excludes halogenated alkanes) is 3. The maximum atomic E-state index is 15.2. The maximum absolute atomic E-state index is 15.2. The first kappa shape index (κ1) is 28.6. The molecule has 1 atom stereocenters. The number of hydrogen-bond donors (Lipinski definition) is 0. The van der Waals surface area contributed by atoms with Crippen LogP contribution in [0.15, 0.2) is 48.5 Å². The average Bonchev–Trinajstić information content (AvgIpc) is 3.00. The Morgan fingerprint density at radius 2 is 1.36 bits per heavy atom. The Balaban J connectivity index is 1.12. The molecule has 212 valence electrons. The van der Waals surface area contributed by atoms with Crippen LogP contribution in [0.25, 0.3) is 5.57 Å². The SMILES string of the molecule is CCCCCCC1CCC(c2ccc(C3=CCC(c4ccc(C5CCC(CC)CC5)c(F)c4)CC3)cc2)CC1. The van der Waals surface area contributed by atoms with Crippen molar-refractivity contribution in [3.63, 3.8) is 0 Å². The molecule has 2 aromatic rings. The van der Waals surface area contributed by atoms with Crippen molar-refractivity contribution < 1.29 is 4.39 Å². The molecule has 2 saturated carbocycles. The summed E-state index contributed by atoms with van der Waals surface area (Å²) in [6, 6.07) is 15.8. The summed E-state index contributed by atoms with van der Waals surface area (Å²) in [6.07, 6.45) is 24.5. The van der Waals surface area contributed by atoms with E-state index < -0.39 is 0 Å². The van der Waals surface area contributed by atoms with Crippen LogP contribution in [0.3, 0.4) is 0 Å². The molecular formula is C38H53F. The molecule has 0 bridgehead atoms. The molecule has 0 N–H and O–H groups in total. The molecule has 0 heterocycles. The molecule has 0 saturated heterocycles. The van der Waals surface area contributed by atoms with Crippen LogP contribution in [0.4, 0.5) is 4.39 Å². The van der Waals surface area contributed by atoms with Crippen molar-refractivity contribution in [1.82, 2.24) is 0 Å². The molecule has 0 amide bonds. The van der Waals surface area contributed by atoms with Gasteiger partial charge in [0.25, 0.3) is 0 Å². The molecule has 0 aromatic heterocycles. The maximum Gasteiger partial charge on any atom is 0.126 e. The molecule has 1 heteroatoms. The Morgan fingerprint density at radius 3 is 2.00 bits per heavy atom. The highest BCUT2D eigenvalue weighted by molar-refractivity contribution is 5.67. The normalized spacial score (nSPS) is 27.8. The minimum absolute atomic E-state index is 0.0448. The lowest BCUT2D eigenvalue weighted by Gasteiger charge is -2.29. The average molecular weight is 529 g/mol. The van der Waals surface area contributed by atoms with Crippen molar-refractivity contribution in [1.29, 1.82) is 0 Å². The van der Waals surface area contributed by atoms with E-state index in [1.54, 1.807) is 5.56 Å². The summed E-state index contributed by atoms with van der Waals surface area (Å²) < 4.78 is 15.2. The van der Waals surface area contributed by atoms with E-state index in [1.165, 1.54) is 93.7 Å². The van der Waals surface area contributed by atoms with Crippen molar-refractivity contribution >= 4 is 5.57 Å². The van der Waals surface area contributed by atoms with Crippen LogP contribution < -0.4 is 0 Å². The van der Waals surface area contributed by atoms with Crippen molar-refractivity contribution in [2.75, 3.05) is 0 Å². The van der Waals surface area contributed by atoms with Gasteiger partial charge in [0.05, 0.1) is 0 Å². The third-order valence-electron chi connectivity index (χ3n) is 10.8. The van der Waals surface area contributed by atoms with E-state index in [1.807, 2.05) is 6.07 Å². The van der Waals surface area contributed by atoms with Gasteiger partial charge in [0.1, 0.15) is 5.82 Å². The summed E-state index contributed by atoms with van der Waals surface area (Å²) in [7, 11) is 0. The smallest absolute Gasteiger partial charge is 0.126 e. The van der Waals surface area contributed by atoms with Crippen LogP contribution in [0.5, 0.6) is 0 Å². The van der Waals surface area contributed by atoms with Gasteiger partial charge in [-0.15, -0.1) is 0 Å². The number of hydrogen-bond acceptors (Lipinski definition) is 0. The molecule has 0 aliphatic heterocycles. The molecule has 39 heavy (non-hydrogen) atoms. The third-order valence-corrected chi connectivity index (χ3v) is 10.8. The molecule has 2 aromatic carbocycles. The summed E-state index contributed by atoms with van der Waals surface area (Å²) in [5, 5.41) is 0. The van der Waals surface area contributed by atoms with Gasteiger partial charge >= 0.3 is 0 Å². The zero-order valence-corrected chi connectivity index (χ0v) is 24.9. The quantitative estimate of drug-likeness (QED) is 0.269. The first-order chi connectivity index (χ1) is 19.1. The van der Waals surface area contributed by atoms with Gasteiger partial charge in [-0.25, -0.2) is 4.39 Å². The Labute approximate surface area is 238 Å². The van der Waals surface area contributed by atoms with Gasteiger partial charge in [0, 0.05) is 0 Å². The highest BCUT2D eigenvalue weighted by Crippen LogP contribution is 2.42. The van der Waals surface area contributed by atoms with Gasteiger partial charge in [-0.05, 0) is 134 Å². The van der Waals surface area contributed by atoms with Crippen LogP contribution in [-0.2, 0) is 0 Å². The first-order valence-corrected chi connectivity index (χ1v) is 16.7. The monoisotopic (exact) mass is 528 g/mol. The van der Waals surface area contributed by atoms with Crippen molar-refractivity contribution in [2.24, 2.45) is 11.8 Å². The van der Waals surface area contributed by atoms with Crippen molar-refractivity contribution in [3.8, 4) is 0 Å². The first-order valence-electron chi connectivity index (χ1n) is 16.7. The molecule has 0 spiro atoms. The molecule has 3 aliphatic rings. The van der Waals surface area contributed by atoms with Gasteiger partial charge in [-0.3, -0.25) is 0 Å². The van der Waals surface area contributed by atoms with Crippen LogP contribution >= 0.6 is 0 Å². The zero-order valence-electron chi connectivity index (χ0n) is 24.9. The molecular weight excluding hydrogens is 475 g/mol. The van der Waals surface area contributed by atoms with E-state index in [2.05, 4.69) is 56.3 Å². The van der Waals surface area contributed by atoms with E-state index in [0.717, 1.165) is 55.4 Å². The summed E-state index contributed by atoms with van der Waals surface area (Å²) in [6.45, 7) is 4.60. The summed E-state index contributed by atoms with van der Waals surface area (Å²) >= 11 is 0. The number of allylic oxidation sites excluding steroid dienone is 2. The number of benzene rings is 2. The fourth-order valence-electron chi connectivity index (χ4n) is 8.02. The lowest BCUT2D eigenvalue weighted by Crippen LogP contribution is -2.14. The topological polar surface area (TPSA) is 0 Å². The second-order valence-corrected chi connectivity index (χ2v) is 13.3. The molecule has 5 rings (SSSR count). The van der Waals surface area contributed by atoms with Crippen molar-refractivity contribution in [2.45, 2.75) is 141 Å². The summed E-state index contributed by atoms with van der Waals surface area (Å²) in [5.74, 6) is 3.51. The van der Waals surface area contributed by atoms with Crippen molar-refractivity contribution in [3.05, 3.63) is 76.6 Å². The van der Waals surface area contributed by atoms with Gasteiger partial charge in [0.2, 0.25) is 0 Å². The van der Waals surface area contributed by atoms with E-state index in [4.69, 9.17) is 0 Å². The van der Waals surface area contributed by atoms with E-state index >= 15 is 4.39 Å². The predicted octanol–water partition coefficient (Wildman–Crippen LogP) is 12.1. The lowest BCUT2D eigenvalue weighted by atomic mass is 9.76. The van der Waals surface area contributed by atoms with Gasteiger partial charge in [-0.2, -0.15) is 0 Å². The fraction of sp³-hybridized carbons (Fsp3) is 0.632. The standard InChI is InChI=1S/C38H53F/c1-3-5-6-7-8-29-11-13-30(14-12-29)31-17-19-32(20-18-31)33-21-23-34(24-22-33)36-25-26-37(38(39)27-36)35-15-9-28(4-2)10-16-35/h17-21,25-30,34-35H,3-16,22-24H2,1-2H3. The van der Waals surface area contributed by atoms with Crippen LogP contribution in [-0.4, -0.2) is 0 Å². The minimum atomic E-state index is 0.0448. The van der Waals surface area contributed by atoms with E-state index in [9.17, 15) is 0 Å². The Morgan fingerprint density at radius 1 is 0.667 bits per heavy atom.